The maximum Gasteiger partial charge on any atom is 0.335 e. The van der Waals surface area contributed by atoms with Crippen LogP contribution >= 0.6 is 11.6 Å². The van der Waals surface area contributed by atoms with E-state index < -0.39 is 11.5 Å². The van der Waals surface area contributed by atoms with Crippen molar-refractivity contribution in [3.63, 3.8) is 0 Å². The van der Waals surface area contributed by atoms with E-state index in [1.807, 2.05) is 7.05 Å². The van der Waals surface area contributed by atoms with Crippen molar-refractivity contribution in [3.8, 4) is 0 Å². The fourth-order valence-corrected chi connectivity index (χ4v) is 2.29. The number of aromatic nitrogens is 4. The summed E-state index contributed by atoms with van der Waals surface area (Å²) >= 11 is 6.19. The number of aromatic amines is 1. The van der Waals surface area contributed by atoms with Crippen molar-refractivity contribution in [2.45, 2.75) is 0 Å². The van der Waals surface area contributed by atoms with Crippen LogP contribution in [0.3, 0.4) is 0 Å². The normalized spacial score (nSPS) is 11.8. The molecule has 8 heteroatoms. The average molecular weight is 331 g/mol. The predicted octanol–water partition coefficient (Wildman–Crippen LogP) is 2.09. The molecule has 0 atom stereocenters. The number of aryl methyl sites for hydroxylation is 1. The van der Waals surface area contributed by atoms with Crippen molar-refractivity contribution < 1.29 is 9.90 Å². The molecule has 7 nitrogen and oxygen atoms in total. The summed E-state index contributed by atoms with van der Waals surface area (Å²) in [4.78, 5) is 34.0. The molecule has 0 radical (unpaired) electrons. The molecular weight excluding hydrogens is 320 g/mol. The number of carbonyl (C=O) groups is 1. The number of nitrogens with one attached hydrogen (secondary N) is 1. The van der Waals surface area contributed by atoms with Gasteiger partial charge in [0, 0.05) is 13.2 Å². The predicted molar refractivity (Wildman–Crippen MR) is 86.3 cm³/mol. The van der Waals surface area contributed by atoms with Crippen LogP contribution in [0.1, 0.15) is 21.9 Å². The van der Waals surface area contributed by atoms with Gasteiger partial charge in [0.05, 0.1) is 33.5 Å². The highest BCUT2D eigenvalue weighted by Crippen LogP contribution is 2.19. The van der Waals surface area contributed by atoms with Crippen LogP contribution in [0.4, 0.5) is 0 Å². The lowest BCUT2D eigenvalue weighted by Gasteiger charge is -2.03. The first-order valence-corrected chi connectivity index (χ1v) is 6.95. The summed E-state index contributed by atoms with van der Waals surface area (Å²) in [5, 5.41) is 9.52. The van der Waals surface area contributed by atoms with Gasteiger partial charge in [0.25, 0.3) is 5.56 Å². The second kappa shape index (κ2) is 5.69. The van der Waals surface area contributed by atoms with Crippen molar-refractivity contribution in [2.75, 3.05) is 0 Å². The Morgan fingerprint density at radius 1 is 1.43 bits per heavy atom. The molecule has 3 rings (SSSR count). The van der Waals surface area contributed by atoms with Crippen LogP contribution in [0.5, 0.6) is 0 Å². The quantitative estimate of drug-likeness (QED) is 0.765. The van der Waals surface area contributed by atoms with E-state index >= 15 is 0 Å². The van der Waals surface area contributed by atoms with Gasteiger partial charge < -0.3 is 14.7 Å². The van der Waals surface area contributed by atoms with E-state index in [0.29, 0.717) is 11.1 Å². The molecule has 0 fully saturated rings. The van der Waals surface area contributed by atoms with Gasteiger partial charge >= 0.3 is 5.97 Å². The lowest BCUT2D eigenvalue weighted by Crippen LogP contribution is -2.11. The van der Waals surface area contributed by atoms with Crippen molar-refractivity contribution in [2.24, 2.45) is 7.05 Å². The zero-order valence-electron chi connectivity index (χ0n) is 11.9. The molecule has 3 aromatic rings. The smallest absolute Gasteiger partial charge is 0.335 e. The number of hydrogen-bond acceptors (Lipinski definition) is 4. The standard InChI is InChI=1S/C15H11ClN4O3/c1-20-6-9(17-7-20)5-11(16)13-18-12-4-8(15(22)23)2-3-10(12)14(21)19-13/h2-7H,1H3,(H,22,23)(H,18,19,21). The molecule has 2 heterocycles. The van der Waals surface area contributed by atoms with Gasteiger partial charge in [-0.25, -0.2) is 14.8 Å². The highest BCUT2D eigenvalue weighted by molar-refractivity contribution is 6.50. The SMILES string of the molecule is Cn1cnc(C=C(Cl)c2nc3cc(C(=O)O)ccc3c(=O)[nH]2)c1. The number of nitrogens with zero attached hydrogens (tertiary/aromatic N) is 3. The summed E-state index contributed by atoms with van der Waals surface area (Å²) in [6, 6.07) is 4.11. The fraction of sp³-hybridized carbons (Fsp3) is 0.0667. The minimum absolute atomic E-state index is 0.0476. The third kappa shape index (κ3) is 3.00. The van der Waals surface area contributed by atoms with Crippen LogP contribution in [0, 0.1) is 0 Å². The number of imidazole rings is 1. The summed E-state index contributed by atoms with van der Waals surface area (Å²) < 4.78 is 1.76. The van der Waals surface area contributed by atoms with Gasteiger partial charge in [0.2, 0.25) is 0 Å². The van der Waals surface area contributed by atoms with Crippen LogP contribution < -0.4 is 5.56 Å². The largest absolute Gasteiger partial charge is 0.478 e. The fourth-order valence-electron chi connectivity index (χ4n) is 2.09. The van der Waals surface area contributed by atoms with Gasteiger partial charge in [-0.2, -0.15) is 0 Å². The molecular formula is C15H11ClN4O3. The minimum Gasteiger partial charge on any atom is -0.478 e. The van der Waals surface area contributed by atoms with Gasteiger partial charge in [-0.3, -0.25) is 4.79 Å². The Labute approximate surface area is 134 Å². The molecule has 116 valence electrons. The summed E-state index contributed by atoms with van der Waals surface area (Å²) in [5.74, 6) is -0.942. The molecule has 0 aliphatic rings. The third-order valence-electron chi connectivity index (χ3n) is 3.18. The molecule has 1 aromatic carbocycles. The number of rotatable bonds is 3. The van der Waals surface area contributed by atoms with Gasteiger partial charge in [0.15, 0.2) is 5.82 Å². The Morgan fingerprint density at radius 2 is 2.22 bits per heavy atom. The Morgan fingerprint density at radius 3 is 2.87 bits per heavy atom. The van der Waals surface area contributed by atoms with Crippen molar-refractivity contribution in [3.05, 3.63) is 58.2 Å². The number of benzene rings is 1. The number of hydrogen-bond donors (Lipinski definition) is 2. The molecule has 0 bridgehead atoms. The highest BCUT2D eigenvalue weighted by atomic mass is 35.5. The lowest BCUT2D eigenvalue weighted by molar-refractivity contribution is 0.0697. The van der Waals surface area contributed by atoms with Crippen LogP contribution in [-0.2, 0) is 7.05 Å². The van der Waals surface area contributed by atoms with Gasteiger partial charge in [-0.05, 0) is 24.3 Å². The van der Waals surface area contributed by atoms with E-state index in [0.717, 1.165) is 0 Å². The number of H-pyrrole nitrogens is 1. The molecule has 2 aromatic heterocycles. The van der Waals surface area contributed by atoms with E-state index in [9.17, 15) is 9.59 Å². The molecule has 0 aliphatic carbocycles. The van der Waals surface area contributed by atoms with Gasteiger partial charge in [-0.15, -0.1) is 0 Å². The van der Waals surface area contributed by atoms with Crippen LogP contribution in [0.15, 0.2) is 35.5 Å². The van der Waals surface area contributed by atoms with E-state index in [4.69, 9.17) is 16.7 Å². The second-order valence-corrected chi connectivity index (χ2v) is 5.32. The first-order valence-electron chi connectivity index (χ1n) is 6.57. The Hall–Kier alpha value is -2.93. The summed E-state index contributed by atoms with van der Waals surface area (Å²) in [5.41, 5.74) is 0.525. The summed E-state index contributed by atoms with van der Waals surface area (Å²) in [6.45, 7) is 0. The van der Waals surface area contributed by atoms with Crippen molar-refractivity contribution >= 4 is 39.6 Å². The highest BCUT2D eigenvalue weighted by Gasteiger charge is 2.10. The summed E-state index contributed by atoms with van der Waals surface area (Å²) in [6.07, 6.45) is 4.93. The monoisotopic (exact) mass is 330 g/mol. The third-order valence-corrected chi connectivity index (χ3v) is 3.47. The number of aromatic carboxylic acids is 1. The Kier molecular flexibility index (Phi) is 3.71. The zero-order valence-corrected chi connectivity index (χ0v) is 12.7. The Balaban J connectivity index is 2.12. The molecule has 0 unspecified atom stereocenters. The molecule has 0 amide bonds. The molecule has 2 N–H and O–H groups in total. The number of fused-ring (bicyclic) bond motifs is 1. The number of halogens is 1. The van der Waals surface area contributed by atoms with Crippen molar-refractivity contribution in [1.82, 2.24) is 19.5 Å². The van der Waals surface area contributed by atoms with E-state index in [2.05, 4.69) is 15.0 Å². The first kappa shape index (κ1) is 15.0. The Bertz CT molecular complexity index is 1000. The first-order chi connectivity index (χ1) is 10.9. The minimum atomic E-state index is -1.09. The molecule has 0 saturated carbocycles. The van der Waals surface area contributed by atoms with Crippen LogP contribution in [0.2, 0.25) is 0 Å². The number of carboxylic acids is 1. The zero-order chi connectivity index (χ0) is 16.6. The van der Waals surface area contributed by atoms with E-state index in [-0.39, 0.29) is 21.9 Å². The molecule has 23 heavy (non-hydrogen) atoms. The molecule has 0 aliphatic heterocycles. The van der Waals surface area contributed by atoms with Crippen molar-refractivity contribution in [1.29, 1.82) is 0 Å². The lowest BCUT2D eigenvalue weighted by atomic mass is 10.1. The van der Waals surface area contributed by atoms with Crippen LogP contribution in [-0.4, -0.2) is 30.6 Å². The number of carboxylic acid groups (broad SMARTS) is 1. The van der Waals surface area contributed by atoms with Gasteiger partial charge in [-0.1, -0.05) is 11.6 Å². The molecule has 0 spiro atoms. The maximum atomic E-state index is 12.1. The van der Waals surface area contributed by atoms with Gasteiger partial charge in [0.1, 0.15) is 0 Å². The maximum absolute atomic E-state index is 12.1. The second-order valence-electron chi connectivity index (χ2n) is 4.91. The van der Waals surface area contributed by atoms with Crippen LogP contribution in [0.25, 0.3) is 22.0 Å². The topological polar surface area (TPSA) is 101 Å². The van der Waals surface area contributed by atoms with E-state index in [1.54, 1.807) is 23.2 Å². The van der Waals surface area contributed by atoms with E-state index in [1.165, 1.54) is 18.2 Å². The molecule has 0 saturated heterocycles. The summed E-state index contributed by atoms with van der Waals surface area (Å²) in [7, 11) is 1.82. The average Bonchev–Trinajstić information content (AvgIpc) is 2.91.